The lowest BCUT2D eigenvalue weighted by molar-refractivity contribution is 0.102. The van der Waals surface area contributed by atoms with Crippen molar-refractivity contribution in [1.29, 1.82) is 0 Å². The molecular formula is C19H19N3O4S2. The second kappa shape index (κ2) is 7.99. The predicted molar refractivity (Wildman–Crippen MR) is 110 cm³/mol. The first-order chi connectivity index (χ1) is 13.3. The Balaban J connectivity index is 1.79. The highest BCUT2D eigenvalue weighted by Gasteiger charge is 2.20. The lowest BCUT2D eigenvalue weighted by Crippen LogP contribution is -2.12. The van der Waals surface area contributed by atoms with Crippen LogP contribution in [-0.2, 0) is 10.0 Å². The summed E-state index contributed by atoms with van der Waals surface area (Å²) in [6.07, 6.45) is 0. The predicted octanol–water partition coefficient (Wildman–Crippen LogP) is 3.82. The van der Waals surface area contributed by atoms with Gasteiger partial charge in [0.15, 0.2) is 5.13 Å². The molecule has 0 bridgehead atoms. The van der Waals surface area contributed by atoms with Crippen LogP contribution in [0, 0.1) is 13.8 Å². The molecular weight excluding hydrogens is 398 g/mol. The third kappa shape index (κ3) is 4.32. The molecule has 0 saturated carbocycles. The Labute approximate surface area is 167 Å². The molecule has 3 aromatic rings. The molecule has 0 unspecified atom stereocenters. The molecule has 3 rings (SSSR count). The van der Waals surface area contributed by atoms with E-state index in [2.05, 4.69) is 15.0 Å². The number of para-hydroxylation sites is 1. The summed E-state index contributed by atoms with van der Waals surface area (Å²) in [7, 11) is -2.32. The van der Waals surface area contributed by atoms with Crippen molar-refractivity contribution in [2.45, 2.75) is 18.7 Å². The van der Waals surface area contributed by atoms with Crippen molar-refractivity contribution in [3.63, 3.8) is 0 Å². The maximum atomic E-state index is 12.6. The molecule has 9 heteroatoms. The molecule has 1 aromatic heterocycles. The van der Waals surface area contributed by atoms with Gasteiger partial charge < -0.3 is 10.1 Å². The van der Waals surface area contributed by atoms with Crippen molar-refractivity contribution >= 4 is 38.1 Å². The summed E-state index contributed by atoms with van der Waals surface area (Å²) < 4.78 is 32.5. The number of amides is 1. The standard InChI is InChI=1S/C19H19N3O4S2/c1-12-6-4-5-7-16(12)21-18(23)17-13(2)20-19(27-17)22-28(24,25)15-10-8-14(26-3)9-11-15/h4-11H,1-3H3,(H,20,22)(H,21,23). The van der Waals surface area contributed by atoms with Gasteiger partial charge in [0, 0.05) is 5.69 Å². The van der Waals surface area contributed by atoms with Gasteiger partial charge in [-0.2, -0.15) is 0 Å². The number of benzene rings is 2. The van der Waals surface area contributed by atoms with E-state index < -0.39 is 10.0 Å². The summed E-state index contributed by atoms with van der Waals surface area (Å²) >= 11 is 0.984. The van der Waals surface area contributed by atoms with E-state index in [0.29, 0.717) is 22.0 Å². The largest absolute Gasteiger partial charge is 0.497 e. The van der Waals surface area contributed by atoms with E-state index >= 15 is 0 Å². The number of carbonyl (C=O) groups is 1. The van der Waals surface area contributed by atoms with Gasteiger partial charge in [-0.05, 0) is 49.7 Å². The highest BCUT2D eigenvalue weighted by Crippen LogP contribution is 2.27. The minimum atomic E-state index is -3.82. The van der Waals surface area contributed by atoms with Gasteiger partial charge >= 0.3 is 0 Å². The van der Waals surface area contributed by atoms with Crippen molar-refractivity contribution in [3.05, 3.63) is 64.7 Å². The minimum absolute atomic E-state index is 0.0760. The van der Waals surface area contributed by atoms with E-state index in [4.69, 9.17) is 4.74 Å². The van der Waals surface area contributed by atoms with Crippen molar-refractivity contribution in [1.82, 2.24) is 4.98 Å². The Bertz CT molecular complexity index is 1110. The highest BCUT2D eigenvalue weighted by molar-refractivity contribution is 7.93. The Morgan fingerprint density at radius 3 is 2.39 bits per heavy atom. The van der Waals surface area contributed by atoms with Gasteiger partial charge in [-0.1, -0.05) is 29.5 Å². The summed E-state index contributed by atoms with van der Waals surface area (Å²) in [6, 6.07) is 13.4. The number of nitrogens with zero attached hydrogens (tertiary/aromatic N) is 1. The van der Waals surface area contributed by atoms with Crippen molar-refractivity contribution in [2.75, 3.05) is 17.1 Å². The third-order valence-electron chi connectivity index (χ3n) is 3.99. The molecule has 0 aliphatic carbocycles. The fourth-order valence-corrected chi connectivity index (χ4v) is 4.57. The number of ether oxygens (including phenoxy) is 1. The lowest BCUT2D eigenvalue weighted by atomic mass is 10.2. The normalized spacial score (nSPS) is 11.1. The summed E-state index contributed by atoms with van der Waals surface area (Å²) in [5, 5.41) is 2.96. The highest BCUT2D eigenvalue weighted by atomic mass is 32.2. The van der Waals surface area contributed by atoms with Crippen LogP contribution in [0.25, 0.3) is 0 Å². The number of anilines is 2. The number of hydrogen-bond donors (Lipinski definition) is 2. The molecule has 0 spiro atoms. The van der Waals surface area contributed by atoms with E-state index in [1.54, 1.807) is 25.1 Å². The number of carbonyl (C=O) groups excluding carboxylic acids is 1. The fraction of sp³-hybridized carbons (Fsp3) is 0.158. The molecule has 0 atom stereocenters. The summed E-state index contributed by atoms with van der Waals surface area (Å²) in [5.41, 5.74) is 2.07. The number of nitrogens with one attached hydrogen (secondary N) is 2. The summed E-state index contributed by atoms with van der Waals surface area (Å²) in [6.45, 7) is 3.55. The Morgan fingerprint density at radius 2 is 1.75 bits per heavy atom. The van der Waals surface area contributed by atoms with Crippen molar-refractivity contribution in [3.8, 4) is 5.75 Å². The molecule has 146 valence electrons. The van der Waals surface area contributed by atoms with Crippen molar-refractivity contribution in [2.24, 2.45) is 0 Å². The molecule has 0 aliphatic rings. The second-order valence-electron chi connectivity index (χ2n) is 5.98. The van der Waals surface area contributed by atoms with Crippen LogP contribution >= 0.6 is 11.3 Å². The van der Waals surface area contributed by atoms with Crippen LogP contribution in [-0.4, -0.2) is 26.4 Å². The number of methoxy groups -OCH3 is 1. The van der Waals surface area contributed by atoms with E-state index in [1.807, 2.05) is 25.1 Å². The van der Waals surface area contributed by atoms with Gasteiger partial charge in [0.25, 0.3) is 15.9 Å². The van der Waals surface area contributed by atoms with E-state index in [-0.39, 0.29) is 15.9 Å². The molecule has 0 saturated heterocycles. The Morgan fingerprint density at radius 1 is 1.07 bits per heavy atom. The molecule has 0 aliphatic heterocycles. The number of rotatable bonds is 6. The average Bonchev–Trinajstić information content (AvgIpc) is 3.03. The second-order valence-corrected chi connectivity index (χ2v) is 8.67. The number of aryl methyl sites for hydroxylation is 2. The molecule has 28 heavy (non-hydrogen) atoms. The lowest BCUT2D eigenvalue weighted by Gasteiger charge is -2.07. The first-order valence-corrected chi connectivity index (χ1v) is 10.6. The molecule has 2 aromatic carbocycles. The van der Waals surface area contributed by atoms with Gasteiger partial charge in [-0.15, -0.1) is 0 Å². The third-order valence-corrected chi connectivity index (χ3v) is 6.54. The molecule has 0 radical (unpaired) electrons. The van der Waals surface area contributed by atoms with Crippen LogP contribution in [0.1, 0.15) is 20.9 Å². The first kappa shape index (κ1) is 19.8. The molecule has 1 amide bonds. The van der Waals surface area contributed by atoms with Gasteiger partial charge in [0.1, 0.15) is 10.6 Å². The van der Waals surface area contributed by atoms with Gasteiger partial charge in [-0.25, -0.2) is 13.4 Å². The SMILES string of the molecule is COc1ccc(S(=O)(=O)Nc2nc(C)c(C(=O)Nc3ccccc3C)s2)cc1. The summed E-state index contributed by atoms with van der Waals surface area (Å²) in [4.78, 5) is 17.2. The zero-order valence-electron chi connectivity index (χ0n) is 15.5. The molecule has 2 N–H and O–H groups in total. The minimum Gasteiger partial charge on any atom is -0.497 e. The van der Waals surface area contributed by atoms with E-state index in [1.165, 1.54) is 19.2 Å². The maximum Gasteiger partial charge on any atom is 0.267 e. The zero-order chi connectivity index (χ0) is 20.3. The summed E-state index contributed by atoms with van der Waals surface area (Å²) in [5.74, 6) is 0.221. The van der Waals surface area contributed by atoms with Crippen LogP contribution in [0.2, 0.25) is 0 Å². The molecule has 1 heterocycles. The van der Waals surface area contributed by atoms with Crippen LogP contribution in [0.5, 0.6) is 5.75 Å². The number of thiazole rings is 1. The maximum absolute atomic E-state index is 12.6. The van der Waals surface area contributed by atoms with E-state index in [0.717, 1.165) is 16.9 Å². The monoisotopic (exact) mass is 417 g/mol. The number of hydrogen-bond acceptors (Lipinski definition) is 6. The van der Waals surface area contributed by atoms with Crippen LogP contribution in [0.3, 0.4) is 0 Å². The Kier molecular flexibility index (Phi) is 5.66. The van der Waals surface area contributed by atoms with Gasteiger partial charge in [0.05, 0.1) is 17.7 Å². The van der Waals surface area contributed by atoms with Crippen molar-refractivity contribution < 1.29 is 17.9 Å². The van der Waals surface area contributed by atoms with Gasteiger partial charge in [0.2, 0.25) is 0 Å². The fourth-order valence-electron chi connectivity index (χ4n) is 2.47. The quantitative estimate of drug-likeness (QED) is 0.635. The van der Waals surface area contributed by atoms with Crippen LogP contribution in [0.4, 0.5) is 10.8 Å². The van der Waals surface area contributed by atoms with Gasteiger partial charge in [-0.3, -0.25) is 9.52 Å². The van der Waals surface area contributed by atoms with E-state index in [9.17, 15) is 13.2 Å². The topological polar surface area (TPSA) is 97.4 Å². The Hall–Kier alpha value is -2.91. The average molecular weight is 418 g/mol. The first-order valence-electron chi connectivity index (χ1n) is 8.31. The van der Waals surface area contributed by atoms with Crippen LogP contribution in [0.15, 0.2) is 53.4 Å². The molecule has 0 fully saturated rings. The van der Waals surface area contributed by atoms with Crippen LogP contribution < -0.4 is 14.8 Å². The molecule has 7 nitrogen and oxygen atoms in total. The smallest absolute Gasteiger partial charge is 0.267 e. The number of sulfonamides is 1. The number of aromatic nitrogens is 1. The zero-order valence-corrected chi connectivity index (χ0v) is 17.1.